The van der Waals surface area contributed by atoms with Crippen molar-refractivity contribution in [3.05, 3.63) is 77.9 Å². The number of hydrogen-bond acceptors (Lipinski definition) is 4. The number of anilines is 1. The highest BCUT2D eigenvalue weighted by Crippen LogP contribution is 2.26. The van der Waals surface area contributed by atoms with Crippen molar-refractivity contribution in [2.75, 3.05) is 24.1 Å². The fourth-order valence-electron chi connectivity index (χ4n) is 4.50. The van der Waals surface area contributed by atoms with E-state index in [1.54, 1.807) is 18.2 Å². The van der Waals surface area contributed by atoms with Gasteiger partial charge in [-0.1, -0.05) is 54.6 Å². The zero-order valence-corrected chi connectivity index (χ0v) is 20.1. The largest absolute Gasteiger partial charge is 0.349 e. The molecular formula is C26H29N3O4S. The van der Waals surface area contributed by atoms with Gasteiger partial charge in [-0.3, -0.25) is 14.3 Å². The van der Waals surface area contributed by atoms with Gasteiger partial charge >= 0.3 is 0 Å². The third-order valence-electron chi connectivity index (χ3n) is 6.25. The Kier molecular flexibility index (Phi) is 6.88. The van der Waals surface area contributed by atoms with E-state index in [2.05, 4.69) is 10.0 Å². The predicted octanol–water partition coefficient (Wildman–Crippen LogP) is 3.94. The molecule has 4 rings (SSSR count). The molecule has 0 radical (unpaired) electrons. The second-order valence-electron chi connectivity index (χ2n) is 8.78. The van der Waals surface area contributed by atoms with Gasteiger partial charge in [0.05, 0.1) is 18.0 Å². The molecule has 1 aliphatic heterocycles. The number of amides is 2. The summed E-state index contributed by atoms with van der Waals surface area (Å²) in [4.78, 5) is 27.9. The minimum absolute atomic E-state index is 0.00944. The predicted molar refractivity (Wildman–Crippen MR) is 134 cm³/mol. The zero-order chi connectivity index (χ0) is 24.3. The van der Waals surface area contributed by atoms with Gasteiger partial charge in [-0.15, -0.1) is 0 Å². The van der Waals surface area contributed by atoms with Crippen LogP contribution in [0.1, 0.15) is 41.7 Å². The van der Waals surface area contributed by atoms with Crippen molar-refractivity contribution in [3.8, 4) is 0 Å². The van der Waals surface area contributed by atoms with E-state index in [1.165, 1.54) is 0 Å². The molecule has 0 bridgehead atoms. The number of nitrogens with zero attached hydrogens (tertiary/aromatic N) is 1. The molecule has 178 valence electrons. The Morgan fingerprint density at radius 1 is 0.941 bits per heavy atom. The lowest BCUT2D eigenvalue weighted by atomic mass is 9.94. The number of para-hydroxylation sites is 1. The van der Waals surface area contributed by atoms with Gasteiger partial charge in [0.2, 0.25) is 15.9 Å². The summed E-state index contributed by atoms with van der Waals surface area (Å²) in [6, 6.07) is 20.2. The van der Waals surface area contributed by atoms with Crippen molar-refractivity contribution in [2.24, 2.45) is 5.92 Å². The van der Waals surface area contributed by atoms with E-state index in [9.17, 15) is 18.0 Å². The average Bonchev–Trinajstić information content (AvgIpc) is 2.82. The molecule has 2 N–H and O–H groups in total. The van der Waals surface area contributed by atoms with Crippen molar-refractivity contribution in [1.29, 1.82) is 0 Å². The molecule has 3 aromatic carbocycles. The lowest BCUT2D eigenvalue weighted by Crippen LogP contribution is -2.43. The quantitative estimate of drug-likeness (QED) is 0.560. The Bertz CT molecular complexity index is 1310. The van der Waals surface area contributed by atoms with Gasteiger partial charge < -0.3 is 10.2 Å². The molecule has 34 heavy (non-hydrogen) atoms. The van der Waals surface area contributed by atoms with Crippen LogP contribution >= 0.6 is 0 Å². The van der Waals surface area contributed by atoms with E-state index < -0.39 is 10.0 Å². The Hall–Kier alpha value is -3.39. The number of piperidine rings is 1. The van der Waals surface area contributed by atoms with Gasteiger partial charge in [-0.25, -0.2) is 8.42 Å². The maximum absolute atomic E-state index is 13.2. The zero-order valence-electron chi connectivity index (χ0n) is 19.3. The highest BCUT2D eigenvalue weighted by atomic mass is 32.2. The fraction of sp³-hybridized carbons (Fsp3) is 0.308. The molecule has 1 atom stereocenters. The van der Waals surface area contributed by atoms with Crippen LogP contribution in [0.15, 0.2) is 66.7 Å². The first-order valence-corrected chi connectivity index (χ1v) is 13.3. The molecule has 1 heterocycles. The third-order valence-corrected chi connectivity index (χ3v) is 6.85. The molecular weight excluding hydrogens is 450 g/mol. The van der Waals surface area contributed by atoms with Crippen LogP contribution < -0.4 is 10.0 Å². The van der Waals surface area contributed by atoms with Gasteiger partial charge in [0.25, 0.3) is 5.91 Å². The number of likely N-dealkylation sites (tertiary alicyclic amines) is 1. The van der Waals surface area contributed by atoms with Gasteiger partial charge in [0.1, 0.15) is 0 Å². The summed E-state index contributed by atoms with van der Waals surface area (Å²) in [7, 11) is -3.43. The van der Waals surface area contributed by atoms with E-state index in [4.69, 9.17) is 0 Å². The fourth-order valence-corrected chi connectivity index (χ4v) is 5.09. The third kappa shape index (κ3) is 5.39. The summed E-state index contributed by atoms with van der Waals surface area (Å²) in [6.07, 6.45) is 2.26. The number of rotatable bonds is 6. The van der Waals surface area contributed by atoms with Crippen LogP contribution in [-0.4, -0.2) is 44.5 Å². The van der Waals surface area contributed by atoms with Crippen LogP contribution in [-0.2, 0) is 14.8 Å². The summed E-state index contributed by atoms with van der Waals surface area (Å²) in [5.74, 6) is -0.294. The molecule has 2 amide bonds. The molecule has 0 aliphatic carbocycles. The number of hydrogen-bond donors (Lipinski definition) is 2. The van der Waals surface area contributed by atoms with Gasteiger partial charge in [0, 0.05) is 24.6 Å². The second-order valence-corrected chi connectivity index (χ2v) is 10.5. The highest BCUT2D eigenvalue weighted by Gasteiger charge is 2.29. The number of carbonyl (C=O) groups is 2. The van der Waals surface area contributed by atoms with Crippen molar-refractivity contribution < 1.29 is 18.0 Å². The van der Waals surface area contributed by atoms with Crippen molar-refractivity contribution >= 4 is 38.3 Å². The van der Waals surface area contributed by atoms with Crippen molar-refractivity contribution in [2.45, 2.75) is 25.8 Å². The monoisotopic (exact) mass is 479 g/mol. The normalized spacial score (nSPS) is 15.6. The summed E-state index contributed by atoms with van der Waals surface area (Å²) in [5, 5.41) is 4.98. The molecule has 8 heteroatoms. The highest BCUT2D eigenvalue weighted by molar-refractivity contribution is 7.92. The first-order valence-electron chi connectivity index (χ1n) is 11.4. The van der Waals surface area contributed by atoms with E-state index in [-0.39, 0.29) is 23.8 Å². The lowest BCUT2D eigenvalue weighted by Gasteiger charge is -2.32. The Morgan fingerprint density at radius 2 is 1.59 bits per heavy atom. The first-order chi connectivity index (χ1) is 16.2. The minimum atomic E-state index is -3.43. The van der Waals surface area contributed by atoms with E-state index >= 15 is 0 Å². The first kappa shape index (κ1) is 23.8. The smallest absolute Gasteiger partial charge is 0.254 e. The summed E-state index contributed by atoms with van der Waals surface area (Å²) >= 11 is 0. The summed E-state index contributed by atoms with van der Waals surface area (Å²) in [5.41, 5.74) is 1.84. The topological polar surface area (TPSA) is 95.6 Å². The molecule has 1 aliphatic rings. The maximum Gasteiger partial charge on any atom is 0.254 e. The van der Waals surface area contributed by atoms with Gasteiger partial charge in [-0.2, -0.15) is 0 Å². The number of benzene rings is 3. The summed E-state index contributed by atoms with van der Waals surface area (Å²) in [6.45, 7) is 2.86. The van der Waals surface area contributed by atoms with Crippen LogP contribution in [0.2, 0.25) is 0 Å². The van der Waals surface area contributed by atoms with Crippen molar-refractivity contribution in [3.63, 3.8) is 0 Å². The second kappa shape index (κ2) is 9.85. The lowest BCUT2D eigenvalue weighted by molar-refractivity contribution is -0.126. The molecule has 7 nitrogen and oxygen atoms in total. The van der Waals surface area contributed by atoms with E-state index in [1.807, 2.05) is 60.4 Å². The average molecular weight is 480 g/mol. The Labute approximate surface area is 200 Å². The molecule has 0 aromatic heterocycles. The Balaban J connectivity index is 1.38. The van der Waals surface area contributed by atoms with E-state index in [0.29, 0.717) is 42.7 Å². The van der Waals surface area contributed by atoms with Crippen LogP contribution in [0.3, 0.4) is 0 Å². The molecule has 0 saturated carbocycles. The number of fused-ring (bicyclic) bond motifs is 1. The molecule has 3 aromatic rings. The van der Waals surface area contributed by atoms with Crippen LogP contribution in [0.5, 0.6) is 0 Å². The minimum Gasteiger partial charge on any atom is -0.349 e. The molecule has 0 spiro atoms. The van der Waals surface area contributed by atoms with Crippen LogP contribution in [0.4, 0.5) is 5.69 Å². The van der Waals surface area contributed by atoms with E-state index in [0.717, 1.165) is 17.0 Å². The summed E-state index contributed by atoms with van der Waals surface area (Å²) < 4.78 is 25.9. The number of nitrogens with one attached hydrogen (secondary N) is 2. The Morgan fingerprint density at radius 3 is 2.32 bits per heavy atom. The maximum atomic E-state index is 13.2. The van der Waals surface area contributed by atoms with Crippen LogP contribution in [0.25, 0.3) is 10.8 Å². The van der Waals surface area contributed by atoms with Crippen molar-refractivity contribution in [1.82, 2.24) is 10.2 Å². The molecule has 1 fully saturated rings. The molecule has 1 saturated heterocycles. The number of carbonyl (C=O) groups excluding carboxylic acids is 2. The van der Waals surface area contributed by atoms with Crippen LogP contribution in [0, 0.1) is 5.92 Å². The molecule has 1 unspecified atom stereocenters. The number of sulfonamides is 1. The van der Waals surface area contributed by atoms with Gasteiger partial charge in [-0.05, 0) is 48.2 Å². The standard InChI is InChI=1S/C26H29N3O4S/c1-18(21-10-5-6-13-24(21)28-34(2,32)33)27-25(30)20-14-16-29(17-15-20)26(31)23-12-7-9-19-8-3-4-11-22(19)23/h3-13,18,20,28H,14-17H2,1-2H3,(H,27,30). The SMILES string of the molecule is CC(NC(=O)C1CCN(C(=O)c2cccc3ccccc23)CC1)c1ccccc1NS(C)(=O)=O. The van der Waals surface area contributed by atoms with Gasteiger partial charge in [0.15, 0.2) is 0 Å².